The van der Waals surface area contributed by atoms with Crippen molar-refractivity contribution < 1.29 is 19.1 Å². The number of hydrogen-bond acceptors (Lipinski definition) is 4. The van der Waals surface area contributed by atoms with Gasteiger partial charge in [-0.05, 0) is 57.0 Å². The van der Waals surface area contributed by atoms with E-state index < -0.39 is 12.1 Å². The first-order valence-electron chi connectivity index (χ1n) is 8.77. The van der Waals surface area contributed by atoms with Crippen molar-refractivity contribution in [3.8, 4) is 5.75 Å². The Hall–Kier alpha value is -2.82. The smallest absolute Gasteiger partial charge is 0.338 e. The molecule has 0 saturated carbocycles. The summed E-state index contributed by atoms with van der Waals surface area (Å²) in [4.78, 5) is 24.6. The lowest BCUT2D eigenvalue weighted by Gasteiger charge is -2.19. The fourth-order valence-corrected chi connectivity index (χ4v) is 2.52. The van der Waals surface area contributed by atoms with Crippen LogP contribution in [0.1, 0.15) is 41.8 Å². The van der Waals surface area contributed by atoms with Gasteiger partial charge in [0.25, 0.3) is 5.91 Å². The van der Waals surface area contributed by atoms with Crippen LogP contribution in [0.4, 0.5) is 5.69 Å². The number of aryl methyl sites for hydroxylation is 1. The van der Waals surface area contributed by atoms with Crippen LogP contribution in [-0.4, -0.2) is 24.6 Å². The first-order valence-corrected chi connectivity index (χ1v) is 8.77. The second kappa shape index (κ2) is 9.04. The van der Waals surface area contributed by atoms with Crippen molar-refractivity contribution in [3.63, 3.8) is 0 Å². The molecule has 0 saturated heterocycles. The van der Waals surface area contributed by atoms with E-state index in [0.29, 0.717) is 35.6 Å². The van der Waals surface area contributed by atoms with Crippen molar-refractivity contribution in [2.24, 2.45) is 0 Å². The SMILES string of the molecule is CCOC(=O)c1cccc(NC(=O)[C@@H](CC)Oc2ccc(C)cc2)c1C. The summed E-state index contributed by atoms with van der Waals surface area (Å²) in [6.07, 6.45) is -0.0978. The number of nitrogens with one attached hydrogen (secondary N) is 1. The van der Waals surface area contributed by atoms with Gasteiger partial charge < -0.3 is 14.8 Å². The summed E-state index contributed by atoms with van der Waals surface area (Å²) < 4.78 is 10.9. The molecule has 0 aliphatic carbocycles. The van der Waals surface area contributed by atoms with Crippen LogP contribution >= 0.6 is 0 Å². The van der Waals surface area contributed by atoms with Gasteiger partial charge in [-0.25, -0.2) is 4.79 Å². The lowest BCUT2D eigenvalue weighted by atomic mass is 10.1. The van der Waals surface area contributed by atoms with Crippen LogP contribution in [0.25, 0.3) is 0 Å². The van der Waals surface area contributed by atoms with Crippen LogP contribution in [-0.2, 0) is 9.53 Å². The number of carbonyl (C=O) groups is 2. The van der Waals surface area contributed by atoms with E-state index in [1.807, 2.05) is 38.1 Å². The number of rotatable bonds is 7. The summed E-state index contributed by atoms with van der Waals surface area (Å²) in [6.45, 7) is 7.72. The fourth-order valence-electron chi connectivity index (χ4n) is 2.52. The molecule has 2 rings (SSSR count). The molecule has 26 heavy (non-hydrogen) atoms. The zero-order valence-electron chi connectivity index (χ0n) is 15.7. The molecule has 1 N–H and O–H groups in total. The second-order valence-electron chi connectivity index (χ2n) is 6.02. The molecule has 1 amide bonds. The molecule has 0 unspecified atom stereocenters. The summed E-state index contributed by atoms with van der Waals surface area (Å²) in [6, 6.07) is 12.7. The lowest BCUT2D eigenvalue weighted by Crippen LogP contribution is -2.32. The molecule has 0 fully saturated rings. The predicted molar refractivity (Wildman–Crippen MR) is 102 cm³/mol. The number of anilines is 1. The number of amides is 1. The molecule has 2 aromatic rings. The van der Waals surface area contributed by atoms with Gasteiger partial charge in [-0.1, -0.05) is 30.7 Å². The van der Waals surface area contributed by atoms with E-state index in [0.717, 1.165) is 5.56 Å². The first-order chi connectivity index (χ1) is 12.5. The molecule has 0 heterocycles. The number of esters is 1. The zero-order chi connectivity index (χ0) is 19.1. The van der Waals surface area contributed by atoms with Crippen molar-refractivity contribution in [1.29, 1.82) is 0 Å². The molecule has 0 radical (unpaired) electrons. The van der Waals surface area contributed by atoms with Crippen LogP contribution in [0.3, 0.4) is 0 Å². The Morgan fingerprint density at radius 3 is 2.35 bits per heavy atom. The molecular weight excluding hydrogens is 330 g/mol. The van der Waals surface area contributed by atoms with Gasteiger partial charge >= 0.3 is 5.97 Å². The molecule has 5 heteroatoms. The molecule has 5 nitrogen and oxygen atoms in total. The van der Waals surface area contributed by atoms with Crippen molar-refractivity contribution in [2.75, 3.05) is 11.9 Å². The number of carbonyl (C=O) groups excluding carboxylic acids is 2. The highest BCUT2D eigenvalue weighted by molar-refractivity contribution is 5.98. The average Bonchev–Trinajstić information content (AvgIpc) is 2.63. The molecule has 0 aromatic heterocycles. The van der Waals surface area contributed by atoms with Gasteiger partial charge in [0.15, 0.2) is 6.10 Å². The highest BCUT2D eigenvalue weighted by Crippen LogP contribution is 2.21. The lowest BCUT2D eigenvalue weighted by molar-refractivity contribution is -0.122. The van der Waals surface area contributed by atoms with Gasteiger partial charge in [0, 0.05) is 5.69 Å². The summed E-state index contributed by atoms with van der Waals surface area (Å²) in [5.74, 6) is -0.00386. The summed E-state index contributed by atoms with van der Waals surface area (Å²) in [5, 5.41) is 2.86. The predicted octanol–water partition coefficient (Wildman–Crippen LogP) is 4.28. The molecule has 0 aliphatic heterocycles. The van der Waals surface area contributed by atoms with E-state index >= 15 is 0 Å². The molecule has 0 spiro atoms. The minimum Gasteiger partial charge on any atom is -0.481 e. The minimum absolute atomic E-state index is 0.253. The minimum atomic E-state index is -0.622. The average molecular weight is 355 g/mol. The van der Waals surface area contributed by atoms with Gasteiger partial charge in [0.1, 0.15) is 5.75 Å². The number of hydrogen-bond donors (Lipinski definition) is 1. The van der Waals surface area contributed by atoms with Gasteiger partial charge in [0.2, 0.25) is 0 Å². The molecule has 0 aliphatic rings. The standard InChI is InChI=1S/C21H25NO4/c1-5-19(26-16-12-10-14(3)11-13-16)20(23)22-18-9-7-8-17(15(18)4)21(24)25-6-2/h7-13,19H,5-6H2,1-4H3,(H,22,23)/t19-/m1/s1. The summed E-state index contributed by atoms with van der Waals surface area (Å²) >= 11 is 0. The van der Waals surface area contributed by atoms with E-state index in [-0.39, 0.29) is 5.91 Å². The van der Waals surface area contributed by atoms with Crippen molar-refractivity contribution in [3.05, 3.63) is 59.2 Å². The number of benzene rings is 2. The Labute approximate surface area is 154 Å². The quantitative estimate of drug-likeness (QED) is 0.753. The first kappa shape index (κ1) is 19.5. The van der Waals surface area contributed by atoms with Gasteiger partial charge in [-0.2, -0.15) is 0 Å². The van der Waals surface area contributed by atoms with E-state index in [2.05, 4.69) is 5.32 Å². The Balaban J connectivity index is 2.13. The normalized spacial score (nSPS) is 11.5. The van der Waals surface area contributed by atoms with E-state index in [1.54, 1.807) is 32.0 Å². The summed E-state index contributed by atoms with van der Waals surface area (Å²) in [7, 11) is 0. The van der Waals surface area contributed by atoms with Crippen LogP contribution in [0, 0.1) is 13.8 Å². The van der Waals surface area contributed by atoms with Gasteiger partial charge in [0.05, 0.1) is 12.2 Å². The Morgan fingerprint density at radius 2 is 1.73 bits per heavy atom. The zero-order valence-corrected chi connectivity index (χ0v) is 15.7. The topological polar surface area (TPSA) is 64.6 Å². The Bertz CT molecular complexity index is 768. The maximum absolute atomic E-state index is 12.6. The highest BCUT2D eigenvalue weighted by atomic mass is 16.5. The van der Waals surface area contributed by atoms with Crippen LogP contribution in [0.2, 0.25) is 0 Å². The maximum Gasteiger partial charge on any atom is 0.338 e. The van der Waals surface area contributed by atoms with Crippen molar-refractivity contribution in [2.45, 2.75) is 40.2 Å². The monoisotopic (exact) mass is 355 g/mol. The van der Waals surface area contributed by atoms with E-state index in [4.69, 9.17) is 9.47 Å². The second-order valence-corrected chi connectivity index (χ2v) is 6.02. The molecule has 1 atom stereocenters. The third-order valence-corrected chi connectivity index (χ3v) is 4.05. The van der Waals surface area contributed by atoms with Crippen LogP contribution < -0.4 is 10.1 Å². The van der Waals surface area contributed by atoms with Gasteiger partial charge in [-0.15, -0.1) is 0 Å². The van der Waals surface area contributed by atoms with Crippen LogP contribution in [0.15, 0.2) is 42.5 Å². The van der Waals surface area contributed by atoms with Crippen molar-refractivity contribution in [1.82, 2.24) is 0 Å². The maximum atomic E-state index is 12.6. The molecule has 2 aromatic carbocycles. The summed E-state index contributed by atoms with van der Waals surface area (Å²) in [5.41, 5.74) is 2.81. The van der Waals surface area contributed by atoms with E-state index in [9.17, 15) is 9.59 Å². The Kier molecular flexibility index (Phi) is 6.78. The third-order valence-electron chi connectivity index (χ3n) is 4.05. The van der Waals surface area contributed by atoms with Crippen LogP contribution in [0.5, 0.6) is 5.75 Å². The highest BCUT2D eigenvalue weighted by Gasteiger charge is 2.20. The number of ether oxygens (including phenoxy) is 2. The molecule has 0 bridgehead atoms. The third kappa shape index (κ3) is 4.85. The Morgan fingerprint density at radius 1 is 1.04 bits per heavy atom. The largest absolute Gasteiger partial charge is 0.481 e. The molecule has 138 valence electrons. The van der Waals surface area contributed by atoms with Crippen molar-refractivity contribution >= 4 is 17.6 Å². The fraction of sp³-hybridized carbons (Fsp3) is 0.333. The van der Waals surface area contributed by atoms with E-state index in [1.165, 1.54) is 0 Å². The van der Waals surface area contributed by atoms with Gasteiger partial charge in [-0.3, -0.25) is 4.79 Å². The molecular formula is C21H25NO4.